The molecule has 2 aliphatic rings. The summed E-state index contributed by atoms with van der Waals surface area (Å²) < 4.78 is 8.41. The van der Waals surface area contributed by atoms with Gasteiger partial charge in [-0.3, -0.25) is 9.78 Å². The molecule has 4 heterocycles. The molecular formula is C27H34N4O2. The van der Waals surface area contributed by atoms with Crippen molar-refractivity contribution in [3.05, 3.63) is 60.0 Å². The molecule has 1 amide bonds. The minimum absolute atomic E-state index is 0.0513. The van der Waals surface area contributed by atoms with Gasteiger partial charge in [-0.15, -0.1) is 0 Å². The van der Waals surface area contributed by atoms with Gasteiger partial charge in [-0.2, -0.15) is 0 Å². The predicted octanol–water partition coefficient (Wildman–Crippen LogP) is 4.69. The molecule has 2 saturated heterocycles. The van der Waals surface area contributed by atoms with Crippen LogP contribution in [0.3, 0.4) is 0 Å². The first-order chi connectivity index (χ1) is 16.2. The lowest BCUT2D eigenvalue weighted by molar-refractivity contribution is 0.0689. The lowest BCUT2D eigenvalue weighted by Gasteiger charge is -2.33. The Labute approximate surface area is 196 Å². The van der Waals surface area contributed by atoms with E-state index >= 15 is 0 Å². The molecule has 33 heavy (non-hydrogen) atoms. The number of benzene rings is 1. The van der Waals surface area contributed by atoms with E-state index in [1.54, 1.807) is 6.20 Å². The number of ether oxygens (including phenoxy) is 1. The zero-order valence-corrected chi connectivity index (χ0v) is 19.6. The number of fused-ring (bicyclic) bond motifs is 1. The monoisotopic (exact) mass is 446 g/mol. The molecule has 0 radical (unpaired) electrons. The van der Waals surface area contributed by atoms with Crippen molar-refractivity contribution in [2.24, 2.45) is 0 Å². The van der Waals surface area contributed by atoms with Gasteiger partial charge in [0.1, 0.15) is 11.4 Å². The van der Waals surface area contributed by atoms with E-state index in [0.717, 1.165) is 56.8 Å². The Bertz CT molecular complexity index is 1090. The number of hydrogen-bond acceptors (Lipinski definition) is 4. The van der Waals surface area contributed by atoms with E-state index in [1.165, 1.54) is 36.8 Å². The highest BCUT2D eigenvalue weighted by Gasteiger charge is 2.26. The molecule has 6 heteroatoms. The van der Waals surface area contributed by atoms with Crippen LogP contribution in [0, 0.1) is 6.92 Å². The lowest BCUT2D eigenvalue weighted by atomic mass is 10.0. The average Bonchev–Trinajstić information content (AvgIpc) is 3.52. The van der Waals surface area contributed by atoms with Crippen molar-refractivity contribution in [1.29, 1.82) is 0 Å². The number of aryl methyl sites for hydroxylation is 1. The molecule has 0 N–H and O–H groups in total. The number of aromatic nitrogens is 2. The van der Waals surface area contributed by atoms with Gasteiger partial charge in [-0.25, -0.2) is 0 Å². The topological polar surface area (TPSA) is 50.6 Å². The van der Waals surface area contributed by atoms with Crippen LogP contribution in [-0.4, -0.2) is 64.6 Å². The molecule has 0 aliphatic carbocycles. The number of amides is 1. The maximum absolute atomic E-state index is 12.9. The summed E-state index contributed by atoms with van der Waals surface area (Å²) in [5, 5.41) is 1.22. The highest BCUT2D eigenvalue weighted by Crippen LogP contribution is 2.30. The molecule has 2 aromatic heterocycles. The van der Waals surface area contributed by atoms with E-state index < -0.39 is 0 Å². The minimum Gasteiger partial charge on any atom is -0.494 e. The van der Waals surface area contributed by atoms with Gasteiger partial charge in [0.2, 0.25) is 0 Å². The molecule has 0 bridgehead atoms. The summed E-state index contributed by atoms with van der Waals surface area (Å²) in [4.78, 5) is 21.7. The third-order valence-corrected chi connectivity index (χ3v) is 7.14. The molecule has 2 fully saturated rings. The fourth-order valence-electron chi connectivity index (χ4n) is 5.24. The Morgan fingerprint density at radius 3 is 2.70 bits per heavy atom. The largest absolute Gasteiger partial charge is 0.494 e. The number of pyridine rings is 1. The van der Waals surface area contributed by atoms with Gasteiger partial charge in [-0.1, -0.05) is 6.07 Å². The van der Waals surface area contributed by atoms with Crippen molar-refractivity contribution in [2.75, 3.05) is 39.3 Å². The fourth-order valence-corrected chi connectivity index (χ4v) is 5.24. The molecule has 0 spiro atoms. The third-order valence-electron chi connectivity index (χ3n) is 7.14. The minimum atomic E-state index is 0.0513. The summed E-state index contributed by atoms with van der Waals surface area (Å²) in [5.41, 5.74) is 2.76. The van der Waals surface area contributed by atoms with Gasteiger partial charge in [0.15, 0.2) is 0 Å². The second-order valence-electron chi connectivity index (χ2n) is 9.39. The zero-order chi connectivity index (χ0) is 22.6. The summed E-state index contributed by atoms with van der Waals surface area (Å²) in [5.74, 6) is 1.00. The standard InChI is InChI=1S/C27H34N4O2/c1-21-6-4-12-28-26(21)27(32)30-16-10-23(11-17-30)31-18-9-22-20-24(7-8-25(22)31)33-19-5-15-29-13-2-3-14-29/h4,6-9,12,18,20,23H,2-3,5,10-11,13-17,19H2,1H3. The van der Waals surface area contributed by atoms with Crippen LogP contribution in [-0.2, 0) is 0 Å². The van der Waals surface area contributed by atoms with Crippen LogP contribution in [0.1, 0.15) is 54.2 Å². The number of piperidine rings is 1. The quantitative estimate of drug-likeness (QED) is 0.494. The second-order valence-corrected chi connectivity index (χ2v) is 9.39. The number of rotatable bonds is 7. The van der Waals surface area contributed by atoms with Crippen LogP contribution < -0.4 is 4.74 Å². The van der Waals surface area contributed by atoms with Crippen LogP contribution in [0.15, 0.2) is 48.8 Å². The van der Waals surface area contributed by atoms with Crippen molar-refractivity contribution >= 4 is 16.8 Å². The Morgan fingerprint density at radius 1 is 1.09 bits per heavy atom. The van der Waals surface area contributed by atoms with Crippen molar-refractivity contribution in [2.45, 2.75) is 45.1 Å². The summed E-state index contributed by atoms with van der Waals surface area (Å²) in [7, 11) is 0. The van der Waals surface area contributed by atoms with Gasteiger partial charge in [-0.05, 0) is 88.0 Å². The van der Waals surface area contributed by atoms with Gasteiger partial charge in [0, 0.05) is 49.0 Å². The first kappa shape index (κ1) is 22.0. The van der Waals surface area contributed by atoms with E-state index in [-0.39, 0.29) is 5.91 Å². The Morgan fingerprint density at radius 2 is 1.91 bits per heavy atom. The van der Waals surface area contributed by atoms with Crippen LogP contribution >= 0.6 is 0 Å². The molecule has 2 aliphatic heterocycles. The van der Waals surface area contributed by atoms with Gasteiger partial charge >= 0.3 is 0 Å². The van der Waals surface area contributed by atoms with Crippen LogP contribution in [0.4, 0.5) is 0 Å². The van der Waals surface area contributed by atoms with E-state index in [4.69, 9.17) is 4.74 Å². The first-order valence-electron chi connectivity index (χ1n) is 12.4. The molecule has 1 aromatic carbocycles. The fraction of sp³-hybridized carbons (Fsp3) is 0.481. The maximum Gasteiger partial charge on any atom is 0.272 e. The van der Waals surface area contributed by atoms with E-state index in [2.05, 4.69) is 44.9 Å². The predicted molar refractivity (Wildman–Crippen MR) is 131 cm³/mol. The highest BCUT2D eigenvalue weighted by molar-refractivity contribution is 5.93. The van der Waals surface area contributed by atoms with Crippen LogP contribution in [0.5, 0.6) is 5.75 Å². The molecular weight excluding hydrogens is 412 g/mol. The third kappa shape index (κ3) is 4.91. The van der Waals surface area contributed by atoms with Gasteiger partial charge in [0.25, 0.3) is 5.91 Å². The Balaban J connectivity index is 1.17. The second kappa shape index (κ2) is 9.96. The maximum atomic E-state index is 12.9. The molecule has 0 atom stereocenters. The number of likely N-dealkylation sites (tertiary alicyclic amines) is 2. The summed E-state index contributed by atoms with van der Waals surface area (Å²) in [6, 6.07) is 12.8. The van der Waals surface area contributed by atoms with Crippen molar-refractivity contribution < 1.29 is 9.53 Å². The SMILES string of the molecule is Cc1cccnc1C(=O)N1CCC(n2ccc3cc(OCCCN4CCCC4)ccc32)CC1. The summed E-state index contributed by atoms with van der Waals surface area (Å²) in [6.45, 7) is 7.87. The van der Waals surface area contributed by atoms with Crippen LogP contribution in [0.25, 0.3) is 10.9 Å². The summed E-state index contributed by atoms with van der Waals surface area (Å²) in [6.07, 6.45) is 9.56. The molecule has 0 saturated carbocycles. The zero-order valence-electron chi connectivity index (χ0n) is 19.6. The summed E-state index contributed by atoms with van der Waals surface area (Å²) >= 11 is 0. The number of carbonyl (C=O) groups is 1. The van der Waals surface area contributed by atoms with E-state index in [9.17, 15) is 4.79 Å². The van der Waals surface area contributed by atoms with Crippen molar-refractivity contribution in [3.63, 3.8) is 0 Å². The molecule has 174 valence electrons. The van der Waals surface area contributed by atoms with E-state index in [1.807, 2.05) is 24.0 Å². The van der Waals surface area contributed by atoms with Gasteiger partial charge < -0.3 is 19.1 Å². The molecule has 3 aromatic rings. The smallest absolute Gasteiger partial charge is 0.272 e. The normalized spacial score (nSPS) is 17.7. The first-order valence-corrected chi connectivity index (χ1v) is 12.4. The van der Waals surface area contributed by atoms with E-state index in [0.29, 0.717) is 11.7 Å². The molecule has 0 unspecified atom stereocenters. The van der Waals surface area contributed by atoms with Crippen molar-refractivity contribution in [1.82, 2.24) is 19.4 Å². The number of nitrogens with zero attached hydrogens (tertiary/aromatic N) is 4. The Hall–Kier alpha value is -2.86. The average molecular weight is 447 g/mol. The number of carbonyl (C=O) groups excluding carboxylic acids is 1. The van der Waals surface area contributed by atoms with Gasteiger partial charge in [0.05, 0.1) is 6.61 Å². The highest BCUT2D eigenvalue weighted by atomic mass is 16.5. The molecule has 6 nitrogen and oxygen atoms in total. The Kier molecular flexibility index (Phi) is 6.63. The lowest BCUT2D eigenvalue weighted by Crippen LogP contribution is -2.39. The van der Waals surface area contributed by atoms with Crippen LogP contribution in [0.2, 0.25) is 0 Å². The molecule has 5 rings (SSSR count). The van der Waals surface area contributed by atoms with Crippen molar-refractivity contribution in [3.8, 4) is 5.75 Å². The number of hydrogen-bond donors (Lipinski definition) is 0.